The molecule has 6 heteroatoms. The van der Waals surface area contributed by atoms with E-state index in [9.17, 15) is 0 Å². The number of halogens is 1. The van der Waals surface area contributed by atoms with E-state index in [1.54, 1.807) is 22.7 Å². The number of benzene rings is 1. The number of hydrogen-bond acceptors (Lipinski definition) is 5. The number of rotatable bonds is 4. The van der Waals surface area contributed by atoms with Crippen molar-refractivity contribution in [3.8, 4) is 10.6 Å². The van der Waals surface area contributed by atoms with Crippen molar-refractivity contribution in [2.24, 2.45) is 0 Å². The Morgan fingerprint density at radius 3 is 2.88 bits per heavy atom. The lowest BCUT2D eigenvalue weighted by atomic mass is 10.2. The highest BCUT2D eigenvalue weighted by Crippen LogP contribution is 2.34. The quantitative estimate of drug-likeness (QED) is 0.633. The lowest BCUT2D eigenvalue weighted by Crippen LogP contribution is -2.37. The molecule has 3 aromatic rings. The van der Waals surface area contributed by atoms with E-state index in [4.69, 9.17) is 21.3 Å². The van der Waals surface area contributed by atoms with Crippen LogP contribution in [-0.4, -0.2) is 29.6 Å². The van der Waals surface area contributed by atoms with Gasteiger partial charge < -0.3 is 4.74 Å². The van der Waals surface area contributed by atoms with Gasteiger partial charge in [0.2, 0.25) is 0 Å². The molecule has 1 aliphatic rings. The summed E-state index contributed by atoms with van der Waals surface area (Å²) in [5.74, 6) is 0. The van der Waals surface area contributed by atoms with E-state index in [2.05, 4.69) is 40.6 Å². The summed E-state index contributed by atoms with van der Waals surface area (Å²) in [6.45, 7) is 3.55. The molecule has 0 saturated carbocycles. The zero-order valence-corrected chi connectivity index (χ0v) is 15.4. The summed E-state index contributed by atoms with van der Waals surface area (Å²) < 4.78 is 6.76. The zero-order valence-electron chi connectivity index (χ0n) is 13.0. The van der Waals surface area contributed by atoms with Crippen molar-refractivity contribution in [2.45, 2.75) is 12.6 Å². The molecule has 1 saturated heterocycles. The van der Waals surface area contributed by atoms with E-state index < -0.39 is 0 Å². The molecule has 4 rings (SSSR count). The third kappa shape index (κ3) is 3.71. The van der Waals surface area contributed by atoms with E-state index in [1.165, 1.54) is 5.56 Å². The van der Waals surface area contributed by atoms with Gasteiger partial charge in [0.1, 0.15) is 11.1 Å². The van der Waals surface area contributed by atoms with Gasteiger partial charge in [0, 0.05) is 25.0 Å². The van der Waals surface area contributed by atoms with Crippen LogP contribution in [0.2, 0.25) is 4.34 Å². The van der Waals surface area contributed by atoms with Crippen molar-refractivity contribution in [1.29, 1.82) is 0 Å². The van der Waals surface area contributed by atoms with Crippen LogP contribution in [0.4, 0.5) is 0 Å². The Bertz CT molecular complexity index is 802. The van der Waals surface area contributed by atoms with Gasteiger partial charge in [0.15, 0.2) is 0 Å². The monoisotopic (exact) mass is 376 g/mol. The second kappa shape index (κ2) is 7.33. The fraction of sp³-hybridized carbons (Fsp3) is 0.278. The third-order valence-electron chi connectivity index (χ3n) is 4.02. The van der Waals surface area contributed by atoms with E-state index in [-0.39, 0.29) is 6.10 Å². The van der Waals surface area contributed by atoms with Gasteiger partial charge in [-0.2, -0.15) is 0 Å². The van der Waals surface area contributed by atoms with Gasteiger partial charge in [-0.25, -0.2) is 4.98 Å². The lowest BCUT2D eigenvalue weighted by Gasteiger charge is -2.31. The summed E-state index contributed by atoms with van der Waals surface area (Å²) in [7, 11) is 0. The fourth-order valence-corrected chi connectivity index (χ4v) is 4.77. The Hall–Kier alpha value is -1.24. The van der Waals surface area contributed by atoms with Crippen molar-refractivity contribution in [1.82, 2.24) is 9.88 Å². The molecule has 1 unspecified atom stereocenters. The molecule has 1 fully saturated rings. The smallest absolute Gasteiger partial charge is 0.124 e. The average Bonchev–Trinajstić information content (AvgIpc) is 3.25. The minimum Gasteiger partial charge on any atom is -0.368 e. The standard InChI is InChI=1S/C18H17ClN2OS2/c19-17-7-6-16(24-17)14-12-23-18(20-14)15-11-21(8-9-22-15)10-13-4-2-1-3-5-13/h1-7,12,15H,8-11H2. The van der Waals surface area contributed by atoms with Crippen molar-refractivity contribution in [3.05, 3.63) is 62.8 Å². The topological polar surface area (TPSA) is 25.4 Å². The minimum absolute atomic E-state index is 0.0525. The molecule has 3 nitrogen and oxygen atoms in total. The molecule has 0 aliphatic carbocycles. The number of aromatic nitrogens is 1. The van der Waals surface area contributed by atoms with Crippen LogP contribution in [0.5, 0.6) is 0 Å². The Morgan fingerprint density at radius 2 is 2.08 bits per heavy atom. The van der Waals surface area contributed by atoms with Crippen LogP contribution in [0, 0.1) is 0 Å². The van der Waals surface area contributed by atoms with Crippen LogP contribution in [0.25, 0.3) is 10.6 Å². The Balaban J connectivity index is 1.45. The highest BCUT2D eigenvalue weighted by Gasteiger charge is 2.24. The molecule has 0 radical (unpaired) electrons. The zero-order chi connectivity index (χ0) is 16.4. The normalized spacial score (nSPS) is 18.8. The van der Waals surface area contributed by atoms with Gasteiger partial charge in [-0.05, 0) is 17.7 Å². The number of ether oxygens (including phenoxy) is 1. The number of thiophene rings is 1. The second-order valence-electron chi connectivity index (χ2n) is 5.75. The molecular formula is C18H17ClN2OS2. The molecule has 0 N–H and O–H groups in total. The van der Waals surface area contributed by atoms with Crippen LogP contribution in [-0.2, 0) is 11.3 Å². The van der Waals surface area contributed by atoms with Crippen molar-refractivity contribution < 1.29 is 4.74 Å². The average molecular weight is 377 g/mol. The molecule has 1 aliphatic heterocycles. The molecular weight excluding hydrogens is 360 g/mol. The van der Waals surface area contributed by atoms with Gasteiger partial charge >= 0.3 is 0 Å². The fourth-order valence-electron chi connectivity index (χ4n) is 2.84. The van der Waals surface area contributed by atoms with Crippen molar-refractivity contribution in [3.63, 3.8) is 0 Å². The molecule has 124 valence electrons. The first-order chi connectivity index (χ1) is 11.8. The summed E-state index contributed by atoms with van der Waals surface area (Å²) in [5, 5.41) is 3.14. The summed E-state index contributed by atoms with van der Waals surface area (Å²) in [6, 6.07) is 14.5. The summed E-state index contributed by atoms with van der Waals surface area (Å²) in [5.41, 5.74) is 2.34. The maximum absolute atomic E-state index is 6.02. The molecule has 0 amide bonds. The molecule has 24 heavy (non-hydrogen) atoms. The largest absolute Gasteiger partial charge is 0.368 e. The van der Waals surface area contributed by atoms with Gasteiger partial charge in [0.25, 0.3) is 0 Å². The van der Waals surface area contributed by atoms with E-state index in [0.29, 0.717) is 0 Å². The molecule has 1 aromatic carbocycles. The highest BCUT2D eigenvalue weighted by atomic mass is 35.5. The number of morpholine rings is 1. The SMILES string of the molecule is Clc1ccc(-c2csc(C3CN(Cc4ccccc4)CCO3)n2)s1. The Labute approximate surface area is 154 Å². The third-order valence-corrected chi connectivity index (χ3v) is 6.21. The van der Waals surface area contributed by atoms with E-state index in [1.807, 2.05) is 12.1 Å². The van der Waals surface area contributed by atoms with Gasteiger partial charge in [-0.3, -0.25) is 4.90 Å². The first kappa shape index (κ1) is 16.2. The Morgan fingerprint density at radius 1 is 1.21 bits per heavy atom. The molecule has 3 heterocycles. The molecule has 0 spiro atoms. The van der Waals surface area contributed by atoms with Crippen molar-refractivity contribution in [2.75, 3.05) is 19.7 Å². The maximum Gasteiger partial charge on any atom is 0.124 e. The summed E-state index contributed by atoms with van der Waals surface area (Å²) in [6.07, 6.45) is 0.0525. The number of nitrogens with zero attached hydrogens (tertiary/aromatic N) is 2. The van der Waals surface area contributed by atoms with Crippen LogP contribution in [0.15, 0.2) is 47.8 Å². The highest BCUT2D eigenvalue weighted by molar-refractivity contribution is 7.19. The number of thiazole rings is 1. The first-order valence-electron chi connectivity index (χ1n) is 7.87. The second-order valence-corrected chi connectivity index (χ2v) is 8.36. The van der Waals surface area contributed by atoms with Crippen LogP contribution in [0.3, 0.4) is 0 Å². The maximum atomic E-state index is 6.02. The van der Waals surface area contributed by atoms with E-state index >= 15 is 0 Å². The summed E-state index contributed by atoms with van der Waals surface area (Å²) >= 11 is 9.26. The first-order valence-corrected chi connectivity index (χ1v) is 9.94. The van der Waals surface area contributed by atoms with Gasteiger partial charge in [0.05, 0.1) is 21.5 Å². The van der Waals surface area contributed by atoms with Crippen LogP contribution < -0.4 is 0 Å². The van der Waals surface area contributed by atoms with Gasteiger partial charge in [-0.15, -0.1) is 22.7 Å². The van der Waals surface area contributed by atoms with Crippen molar-refractivity contribution >= 4 is 34.3 Å². The molecule has 2 aromatic heterocycles. The lowest BCUT2D eigenvalue weighted by molar-refractivity contribution is -0.0329. The predicted molar refractivity (Wildman–Crippen MR) is 101 cm³/mol. The predicted octanol–water partition coefficient (Wildman–Crippen LogP) is 5.10. The molecule has 1 atom stereocenters. The van der Waals surface area contributed by atoms with Gasteiger partial charge in [-0.1, -0.05) is 41.9 Å². The Kier molecular flexibility index (Phi) is 4.96. The molecule has 0 bridgehead atoms. The van der Waals surface area contributed by atoms with Crippen LogP contribution in [0.1, 0.15) is 16.7 Å². The number of hydrogen-bond donors (Lipinski definition) is 0. The minimum atomic E-state index is 0.0525. The van der Waals surface area contributed by atoms with E-state index in [0.717, 1.165) is 46.2 Å². The summed E-state index contributed by atoms with van der Waals surface area (Å²) in [4.78, 5) is 8.33. The van der Waals surface area contributed by atoms with Crippen LogP contribution >= 0.6 is 34.3 Å².